The van der Waals surface area contributed by atoms with Gasteiger partial charge < -0.3 is 14.4 Å². The lowest BCUT2D eigenvalue weighted by Gasteiger charge is -2.28. The van der Waals surface area contributed by atoms with Crippen LogP contribution in [0.2, 0.25) is 0 Å². The number of likely N-dealkylation sites (tertiary alicyclic amines) is 1. The molecule has 1 aliphatic carbocycles. The quantitative estimate of drug-likeness (QED) is 0.764. The van der Waals surface area contributed by atoms with Gasteiger partial charge in [0, 0.05) is 0 Å². The highest BCUT2D eigenvalue weighted by Gasteiger charge is 2.23. The molecule has 2 aliphatic heterocycles. The number of fused-ring (bicyclic) bond motifs is 1. The Bertz CT molecular complexity index is 342. The average Bonchev–Trinajstić information content (AvgIpc) is 2.92. The van der Waals surface area contributed by atoms with Crippen molar-refractivity contribution >= 4 is 0 Å². The van der Waals surface area contributed by atoms with Gasteiger partial charge in [-0.05, 0) is 63.4 Å². The molecule has 0 aromatic heterocycles. The molecule has 0 spiro atoms. The van der Waals surface area contributed by atoms with Crippen molar-refractivity contribution in [3.63, 3.8) is 0 Å². The molecule has 0 bridgehead atoms. The molecule has 3 aliphatic rings. The molecule has 0 saturated carbocycles. The molecule has 1 atom stereocenters. The standard InChI is InChI=1S/C15H23NO2/c1-2-8-16(7-1)9-3-4-13-5-6-14-15(12-13)18-11-10-17-14/h5,12,14H,1-4,6-11H2. The number of ether oxygens (including phenoxy) is 2. The third-order valence-electron chi connectivity index (χ3n) is 4.05. The van der Waals surface area contributed by atoms with E-state index in [1.54, 1.807) is 0 Å². The summed E-state index contributed by atoms with van der Waals surface area (Å²) in [5.74, 6) is 1.06. The van der Waals surface area contributed by atoms with Gasteiger partial charge in [-0.1, -0.05) is 6.08 Å². The van der Waals surface area contributed by atoms with Crippen molar-refractivity contribution in [3.8, 4) is 0 Å². The Morgan fingerprint density at radius 1 is 1.22 bits per heavy atom. The number of rotatable bonds is 4. The minimum absolute atomic E-state index is 0.195. The molecular weight excluding hydrogens is 226 g/mol. The zero-order chi connectivity index (χ0) is 12.2. The molecule has 3 heteroatoms. The Morgan fingerprint density at radius 2 is 2.11 bits per heavy atom. The summed E-state index contributed by atoms with van der Waals surface area (Å²) in [5, 5.41) is 0. The highest BCUT2D eigenvalue weighted by Crippen LogP contribution is 2.26. The number of hydrogen-bond acceptors (Lipinski definition) is 3. The molecule has 2 heterocycles. The second-order valence-corrected chi connectivity index (χ2v) is 5.42. The van der Waals surface area contributed by atoms with Gasteiger partial charge >= 0.3 is 0 Å². The van der Waals surface area contributed by atoms with Crippen molar-refractivity contribution in [1.82, 2.24) is 4.90 Å². The molecule has 1 unspecified atom stereocenters. The summed E-state index contributed by atoms with van der Waals surface area (Å²) in [6, 6.07) is 0. The number of hydrogen-bond donors (Lipinski definition) is 0. The van der Waals surface area contributed by atoms with Crippen LogP contribution in [0.3, 0.4) is 0 Å². The number of allylic oxidation sites excluding steroid dienone is 2. The second kappa shape index (κ2) is 5.89. The monoisotopic (exact) mass is 249 g/mol. The highest BCUT2D eigenvalue weighted by molar-refractivity contribution is 5.28. The van der Waals surface area contributed by atoms with Gasteiger partial charge in [-0.3, -0.25) is 0 Å². The van der Waals surface area contributed by atoms with Crippen molar-refractivity contribution in [1.29, 1.82) is 0 Å². The van der Waals surface area contributed by atoms with E-state index in [4.69, 9.17) is 9.47 Å². The molecule has 100 valence electrons. The van der Waals surface area contributed by atoms with E-state index in [2.05, 4.69) is 17.1 Å². The van der Waals surface area contributed by atoms with Gasteiger partial charge in [-0.15, -0.1) is 0 Å². The first kappa shape index (κ1) is 12.2. The molecule has 0 amide bonds. The summed E-state index contributed by atoms with van der Waals surface area (Å²) in [7, 11) is 0. The Hall–Kier alpha value is -0.800. The van der Waals surface area contributed by atoms with E-state index >= 15 is 0 Å². The summed E-state index contributed by atoms with van der Waals surface area (Å²) in [4.78, 5) is 2.58. The van der Waals surface area contributed by atoms with Crippen molar-refractivity contribution < 1.29 is 9.47 Å². The van der Waals surface area contributed by atoms with Crippen LogP contribution < -0.4 is 0 Å². The fourth-order valence-corrected chi connectivity index (χ4v) is 3.03. The second-order valence-electron chi connectivity index (χ2n) is 5.42. The summed E-state index contributed by atoms with van der Waals surface area (Å²) in [5.41, 5.74) is 1.44. The molecule has 0 N–H and O–H groups in total. The first-order valence-electron chi connectivity index (χ1n) is 7.29. The van der Waals surface area contributed by atoms with E-state index in [-0.39, 0.29) is 6.10 Å². The lowest BCUT2D eigenvalue weighted by molar-refractivity contribution is -0.0418. The van der Waals surface area contributed by atoms with Crippen LogP contribution in [0, 0.1) is 0 Å². The van der Waals surface area contributed by atoms with Crippen molar-refractivity contribution in [2.75, 3.05) is 32.8 Å². The third-order valence-corrected chi connectivity index (χ3v) is 4.05. The van der Waals surface area contributed by atoms with Crippen LogP contribution in [-0.4, -0.2) is 43.9 Å². The summed E-state index contributed by atoms with van der Waals surface area (Å²) >= 11 is 0. The van der Waals surface area contributed by atoms with E-state index in [1.807, 2.05) is 0 Å². The maximum absolute atomic E-state index is 5.68. The van der Waals surface area contributed by atoms with E-state index < -0.39 is 0 Å². The molecule has 0 aromatic carbocycles. The molecular formula is C15H23NO2. The van der Waals surface area contributed by atoms with Gasteiger partial charge in [-0.2, -0.15) is 0 Å². The van der Waals surface area contributed by atoms with Crippen LogP contribution in [0.1, 0.15) is 32.1 Å². The van der Waals surface area contributed by atoms with E-state index in [0.29, 0.717) is 6.61 Å². The zero-order valence-corrected chi connectivity index (χ0v) is 11.1. The first-order chi connectivity index (χ1) is 8.92. The lowest BCUT2D eigenvalue weighted by atomic mass is 9.99. The van der Waals surface area contributed by atoms with Crippen LogP contribution in [0.25, 0.3) is 0 Å². The molecule has 18 heavy (non-hydrogen) atoms. The largest absolute Gasteiger partial charge is 0.493 e. The minimum atomic E-state index is 0.195. The third kappa shape index (κ3) is 2.96. The zero-order valence-electron chi connectivity index (χ0n) is 11.1. The van der Waals surface area contributed by atoms with Gasteiger partial charge in [0.15, 0.2) is 0 Å². The lowest BCUT2D eigenvalue weighted by Crippen LogP contribution is -2.28. The van der Waals surface area contributed by atoms with Crippen molar-refractivity contribution in [2.24, 2.45) is 0 Å². The molecule has 2 saturated heterocycles. The van der Waals surface area contributed by atoms with Gasteiger partial charge in [-0.25, -0.2) is 0 Å². The number of nitrogens with zero attached hydrogens (tertiary/aromatic N) is 1. The SMILES string of the molecule is C1=C(CCCN2CCCC2)C=C2OCCOC2C1. The van der Waals surface area contributed by atoms with Crippen LogP contribution in [-0.2, 0) is 9.47 Å². The Morgan fingerprint density at radius 3 is 3.00 bits per heavy atom. The summed E-state index contributed by atoms with van der Waals surface area (Å²) in [6.45, 7) is 5.31. The molecule has 0 aromatic rings. The maximum atomic E-state index is 5.68. The molecule has 2 fully saturated rings. The predicted octanol–water partition coefficient (Wildman–Crippen LogP) is 2.49. The normalized spacial score (nSPS) is 28.3. The van der Waals surface area contributed by atoms with Gasteiger partial charge in [0.1, 0.15) is 18.5 Å². The topological polar surface area (TPSA) is 21.7 Å². The van der Waals surface area contributed by atoms with Crippen LogP contribution in [0.15, 0.2) is 23.5 Å². The molecule has 3 nitrogen and oxygen atoms in total. The van der Waals surface area contributed by atoms with Gasteiger partial charge in [0.2, 0.25) is 0 Å². The minimum Gasteiger partial charge on any atom is -0.493 e. The smallest absolute Gasteiger partial charge is 0.125 e. The maximum Gasteiger partial charge on any atom is 0.125 e. The Labute approximate surface area is 109 Å². The summed E-state index contributed by atoms with van der Waals surface area (Å²) < 4.78 is 11.3. The van der Waals surface area contributed by atoms with E-state index in [1.165, 1.54) is 50.9 Å². The Balaban J connectivity index is 1.45. The van der Waals surface area contributed by atoms with Gasteiger partial charge in [0.25, 0.3) is 0 Å². The molecule has 0 radical (unpaired) electrons. The highest BCUT2D eigenvalue weighted by atomic mass is 16.6. The summed E-state index contributed by atoms with van der Waals surface area (Å²) in [6.07, 6.45) is 10.9. The van der Waals surface area contributed by atoms with Crippen molar-refractivity contribution in [3.05, 3.63) is 23.5 Å². The fraction of sp³-hybridized carbons (Fsp3) is 0.733. The first-order valence-corrected chi connectivity index (χ1v) is 7.29. The van der Waals surface area contributed by atoms with Crippen LogP contribution in [0.4, 0.5) is 0 Å². The van der Waals surface area contributed by atoms with Crippen LogP contribution in [0.5, 0.6) is 0 Å². The van der Waals surface area contributed by atoms with E-state index in [0.717, 1.165) is 18.8 Å². The van der Waals surface area contributed by atoms with Gasteiger partial charge in [0.05, 0.1) is 6.61 Å². The van der Waals surface area contributed by atoms with Crippen LogP contribution >= 0.6 is 0 Å². The fourth-order valence-electron chi connectivity index (χ4n) is 3.03. The Kier molecular flexibility index (Phi) is 4.01. The molecule has 3 rings (SSSR count). The van der Waals surface area contributed by atoms with E-state index in [9.17, 15) is 0 Å². The average molecular weight is 249 g/mol. The van der Waals surface area contributed by atoms with Crippen molar-refractivity contribution in [2.45, 2.75) is 38.2 Å². The predicted molar refractivity (Wildman–Crippen MR) is 71.4 cm³/mol.